The van der Waals surface area contributed by atoms with E-state index in [1.54, 1.807) is 12.4 Å². The first-order chi connectivity index (χ1) is 22.5. The number of aliphatic carboxylic acids is 1. The summed E-state index contributed by atoms with van der Waals surface area (Å²) in [5.41, 5.74) is 4.62. The first kappa shape index (κ1) is 30.6. The van der Waals surface area contributed by atoms with Gasteiger partial charge in [-0.05, 0) is 66.6 Å². The Bertz CT molecular complexity index is 1790. The summed E-state index contributed by atoms with van der Waals surface area (Å²) >= 11 is 3.02. The number of thiazole rings is 2. The standard InChI is InChI=1S/C34H27N5O5S2/c1-22(34(40)41)39-44-33(23-8-12-25(13-9-23)42-18-31-37-29(20-45-31)27-6-2-4-16-35-27)24-10-14-26(15-11-24)43-19-32-38-30(21-46-32)28-7-3-5-17-36-28/h2-17,20-21,33H,18-19H2,1H3,(H,40,41)/b39-22+. The van der Waals surface area contributed by atoms with Crippen molar-refractivity contribution in [2.45, 2.75) is 26.2 Å². The Morgan fingerprint density at radius 2 is 1.20 bits per heavy atom. The summed E-state index contributed by atoms with van der Waals surface area (Å²) in [4.78, 5) is 35.0. The van der Waals surface area contributed by atoms with Crippen molar-refractivity contribution >= 4 is 34.4 Å². The molecule has 0 aliphatic carbocycles. The van der Waals surface area contributed by atoms with Crippen molar-refractivity contribution in [3.63, 3.8) is 0 Å². The van der Waals surface area contributed by atoms with E-state index in [0.717, 1.165) is 43.9 Å². The first-order valence-corrected chi connectivity index (χ1v) is 15.9. The molecule has 10 nitrogen and oxygen atoms in total. The molecule has 0 bridgehead atoms. The van der Waals surface area contributed by atoms with Crippen LogP contribution in [0, 0.1) is 0 Å². The summed E-state index contributed by atoms with van der Waals surface area (Å²) < 4.78 is 11.9. The minimum Gasteiger partial charge on any atom is -0.486 e. The quantitative estimate of drug-likeness (QED) is 0.100. The van der Waals surface area contributed by atoms with Crippen LogP contribution in [0.2, 0.25) is 0 Å². The Morgan fingerprint density at radius 3 is 1.61 bits per heavy atom. The number of carbonyl (C=O) groups is 1. The van der Waals surface area contributed by atoms with Gasteiger partial charge >= 0.3 is 5.97 Å². The van der Waals surface area contributed by atoms with Crippen LogP contribution >= 0.6 is 22.7 Å². The molecule has 4 aromatic heterocycles. The molecule has 0 radical (unpaired) electrons. The van der Waals surface area contributed by atoms with E-state index in [9.17, 15) is 9.90 Å². The molecule has 1 N–H and O–H groups in total. The Labute approximate surface area is 272 Å². The number of benzene rings is 2. The van der Waals surface area contributed by atoms with E-state index < -0.39 is 12.1 Å². The van der Waals surface area contributed by atoms with Crippen molar-refractivity contribution < 1.29 is 24.2 Å². The van der Waals surface area contributed by atoms with Gasteiger partial charge in [-0.3, -0.25) is 9.97 Å². The van der Waals surface area contributed by atoms with Crippen LogP contribution in [0.1, 0.15) is 34.2 Å². The summed E-state index contributed by atoms with van der Waals surface area (Å²) in [7, 11) is 0. The number of hydrogen-bond acceptors (Lipinski definition) is 11. The van der Waals surface area contributed by atoms with E-state index in [4.69, 9.17) is 14.3 Å². The fraction of sp³-hybridized carbons (Fsp3) is 0.118. The Hall–Kier alpha value is -5.46. The average molecular weight is 650 g/mol. The molecule has 4 heterocycles. The molecule has 0 saturated carbocycles. The molecule has 12 heteroatoms. The van der Waals surface area contributed by atoms with Crippen molar-refractivity contribution in [2.75, 3.05) is 0 Å². The zero-order chi connectivity index (χ0) is 31.7. The van der Waals surface area contributed by atoms with Crippen molar-refractivity contribution in [3.05, 3.63) is 129 Å². The lowest BCUT2D eigenvalue weighted by Gasteiger charge is -2.17. The number of oxime groups is 1. The van der Waals surface area contributed by atoms with Crippen molar-refractivity contribution in [2.24, 2.45) is 5.16 Å². The molecule has 0 saturated heterocycles. The number of hydrogen-bond donors (Lipinski definition) is 1. The average Bonchev–Trinajstić information content (AvgIpc) is 3.79. The van der Waals surface area contributed by atoms with Gasteiger partial charge in [0.25, 0.3) is 0 Å². The minimum absolute atomic E-state index is 0.160. The predicted molar refractivity (Wildman–Crippen MR) is 176 cm³/mol. The lowest BCUT2D eigenvalue weighted by Crippen LogP contribution is -2.11. The SMILES string of the molecule is C/C(=N\OC(c1ccc(OCc2nc(-c3ccccn3)cs2)cc1)c1ccc(OCc2nc(-c3ccccn3)cs2)cc1)C(=O)O. The fourth-order valence-corrected chi connectivity index (χ4v) is 5.67. The molecule has 0 unspecified atom stereocenters. The molecule has 0 aliphatic heterocycles. The lowest BCUT2D eigenvalue weighted by atomic mass is 10.0. The highest BCUT2D eigenvalue weighted by atomic mass is 32.1. The maximum absolute atomic E-state index is 11.4. The first-order valence-electron chi connectivity index (χ1n) is 14.1. The van der Waals surface area contributed by atoms with Crippen molar-refractivity contribution in [1.29, 1.82) is 0 Å². The molecule has 2 aromatic carbocycles. The highest BCUT2D eigenvalue weighted by molar-refractivity contribution is 7.10. The van der Waals surface area contributed by atoms with E-state index in [1.165, 1.54) is 29.6 Å². The summed E-state index contributed by atoms with van der Waals surface area (Å²) in [6.07, 6.45) is 2.81. The molecule has 6 rings (SSSR count). The van der Waals surface area contributed by atoms with Crippen LogP contribution in [-0.2, 0) is 22.8 Å². The number of nitrogens with zero attached hydrogens (tertiary/aromatic N) is 5. The van der Waals surface area contributed by atoms with E-state index in [2.05, 4.69) is 25.1 Å². The number of ether oxygens (including phenoxy) is 2. The Morgan fingerprint density at radius 1 is 0.717 bits per heavy atom. The minimum atomic E-state index is -1.16. The molecule has 0 spiro atoms. The summed E-state index contributed by atoms with van der Waals surface area (Å²) in [6, 6.07) is 26.2. The largest absolute Gasteiger partial charge is 0.486 e. The number of pyridine rings is 2. The maximum Gasteiger partial charge on any atom is 0.353 e. The normalized spacial score (nSPS) is 11.4. The van der Waals surface area contributed by atoms with Crippen LogP contribution in [0.5, 0.6) is 11.5 Å². The Kier molecular flexibility index (Phi) is 9.66. The highest BCUT2D eigenvalue weighted by Crippen LogP contribution is 2.30. The van der Waals surface area contributed by atoms with Crippen LogP contribution in [0.25, 0.3) is 22.8 Å². The Balaban J connectivity index is 1.11. The van der Waals surface area contributed by atoms with Gasteiger partial charge in [-0.25, -0.2) is 14.8 Å². The van der Waals surface area contributed by atoms with Gasteiger partial charge in [0.1, 0.15) is 34.7 Å². The molecule has 6 aromatic rings. The van der Waals surface area contributed by atoms with Crippen LogP contribution in [-0.4, -0.2) is 36.7 Å². The van der Waals surface area contributed by atoms with Gasteiger partial charge in [0, 0.05) is 23.2 Å². The predicted octanol–water partition coefficient (Wildman–Crippen LogP) is 7.45. The zero-order valence-electron chi connectivity index (χ0n) is 24.5. The summed E-state index contributed by atoms with van der Waals surface area (Å²) in [6.45, 7) is 2.00. The van der Waals surface area contributed by atoms with Crippen molar-refractivity contribution in [1.82, 2.24) is 19.9 Å². The third kappa shape index (κ3) is 7.78. The third-order valence-electron chi connectivity index (χ3n) is 6.65. The second kappa shape index (κ2) is 14.5. The maximum atomic E-state index is 11.4. The van der Waals surface area contributed by atoms with Crippen LogP contribution in [0.4, 0.5) is 0 Å². The smallest absolute Gasteiger partial charge is 0.353 e. The number of carboxylic acid groups (broad SMARTS) is 1. The second-order valence-corrected chi connectivity index (χ2v) is 11.8. The van der Waals surface area contributed by atoms with Crippen LogP contribution < -0.4 is 9.47 Å². The van der Waals surface area contributed by atoms with E-state index in [1.807, 2.05) is 95.7 Å². The van der Waals surface area contributed by atoms with Gasteiger partial charge in [-0.2, -0.15) is 0 Å². The molecule has 230 valence electrons. The van der Waals surface area contributed by atoms with Gasteiger partial charge in [-0.15, -0.1) is 22.7 Å². The van der Waals surface area contributed by atoms with Gasteiger partial charge in [0.05, 0.1) is 22.8 Å². The van der Waals surface area contributed by atoms with Crippen molar-refractivity contribution in [3.8, 4) is 34.3 Å². The summed E-state index contributed by atoms with van der Waals surface area (Å²) in [5, 5.41) is 18.7. The van der Waals surface area contributed by atoms with E-state index in [-0.39, 0.29) is 5.71 Å². The highest BCUT2D eigenvalue weighted by Gasteiger charge is 2.18. The van der Waals surface area contributed by atoms with E-state index >= 15 is 0 Å². The number of carboxylic acids is 1. The molecular weight excluding hydrogens is 623 g/mol. The fourth-order valence-electron chi connectivity index (χ4n) is 4.27. The number of aromatic nitrogens is 4. The molecule has 46 heavy (non-hydrogen) atoms. The monoisotopic (exact) mass is 649 g/mol. The third-order valence-corrected chi connectivity index (χ3v) is 8.30. The molecule has 0 aliphatic rings. The van der Waals surface area contributed by atoms with E-state index in [0.29, 0.717) is 24.7 Å². The second-order valence-electron chi connectivity index (χ2n) is 9.87. The van der Waals surface area contributed by atoms with Gasteiger partial charge in [-0.1, -0.05) is 41.6 Å². The topological polar surface area (TPSA) is 129 Å². The van der Waals surface area contributed by atoms with Crippen LogP contribution in [0.3, 0.4) is 0 Å². The lowest BCUT2D eigenvalue weighted by molar-refractivity contribution is -0.129. The molecular formula is C34H27N5O5S2. The molecule has 0 fully saturated rings. The number of rotatable bonds is 13. The molecule has 0 atom stereocenters. The van der Waals surface area contributed by atoms with Gasteiger partial charge in [0.15, 0.2) is 11.8 Å². The zero-order valence-corrected chi connectivity index (χ0v) is 26.1. The molecule has 0 amide bonds. The van der Waals surface area contributed by atoms with Gasteiger partial charge in [0.2, 0.25) is 0 Å². The summed E-state index contributed by atoms with van der Waals surface area (Å²) in [5.74, 6) is 0.145. The van der Waals surface area contributed by atoms with Crippen LogP contribution in [0.15, 0.2) is 113 Å². The van der Waals surface area contributed by atoms with Gasteiger partial charge < -0.3 is 19.4 Å².